The Labute approximate surface area is 160 Å². The Hall–Kier alpha value is -1.75. The zero-order valence-electron chi connectivity index (χ0n) is 15.1. The van der Waals surface area contributed by atoms with E-state index in [1.54, 1.807) is 0 Å². The van der Waals surface area contributed by atoms with Crippen molar-refractivity contribution >= 4 is 23.5 Å². The molecule has 3 rings (SSSR count). The Balaban J connectivity index is 1.50. The number of benzene rings is 1. The van der Waals surface area contributed by atoms with E-state index >= 15 is 0 Å². The first kappa shape index (κ1) is 19.0. The molecule has 2 saturated carbocycles. The fourth-order valence-corrected chi connectivity index (χ4v) is 4.20. The number of carbonyl (C=O) groups is 2. The van der Waals surface area contributed by atoms with Crippen LogP contribution in [0.5, 0.6) is 0 Å². The average molecular weight is 378 g/mol. The van der Waals surface area contributed by atoms with E-state index in [0.29, 0.717) is 11.6 Å². The SMILES string of the molecule is O=C(NCc1ccccc1Cl)NC1CCCCC1NC(=O)C1CCCC1. The molecule has 0 radical (unpaired) electrons. The predicted molar refractivity (Wildman–Crippen MR) is 103 cm³/mol. The molecule has 2 unspecified atom stereocenters. The normalized spacial score (nSPS) is 23.4. The average Bonchev–Trinajstić information content (AvgIpc) is 3.17. The number of amides is 3. The van der Waals surface area contributed by atoms with Gasteiger partial charge in [-0.05, 0) is 37.3 Å². The van der Waals surface area contributed by atoms with Crippen LogP contribution in [0, 0.1) is 5.92 Å². The molecule has 2 aliphatic rings. The van der Waals surface area contributed by atoms with Crippen LogP contribution in [0.15, 0.2) is 24.3 Å². The lowest BCUT2D eigenvalue weighted by molar-refractivity contribution is -0.125. The first-order chi connectivity index (χ1) is 12.6. The molecule has 0 heterocycles. The van der Waals surface area contributed by atoms with Crippen molar-refractivity contribution in [1.29, 1.82) is 0 Å². The van der Waals surface area contributed by atoms with E-state index in [1.807, 2.05) is 24.3 Å². The summed E-state index contributed by atoms with van der Waals surface area (Å²) in [6.07, 6.45) is 8.27. The molecule has 142 valence electrons. The molecule has 0 aliphatic heterocycles. The number of rotatable bonds is 5. The largest absolute Gasteiger partial charge is 0.351 e. The van der Waals surface area contributed by atoms with Crippen LogP contribution in [0.3, 0.4) is 0 Å². The number of hydrogen-bond acceptors (Lipinski definition) is 2. The molecule has 1 aromatic rings. The predicted octanol–water partition coefficient (Wildman–Crippen LogP) is 3.76. The van der Waals surface area contributed by atoms with Gasteiger partial charge >= 0.3 is 6.03 Å². The zero-order chi connectivity index (χ0) is 18.4. The minimum atomic E-state index is -0.211. The maximum absolute atomic E-state index is 12.4. The van der Waals surface area contributed by atoms with Crippen molar-refractivity contribution < 1.29 is 9.59 Å². The standard InChI is InChI=1S/C20H28ClN3O2/c21-16-10-4-3-9-15(16)13-22-20(26)24-18-12-6-5-11-17(18)23-19(25)14-7-1-2-8-14/h3-4,9-10,14,17-18H,1-2,5-8,11-13H2,(H,23,25)(H2,22,24,26). The van der Waals surface area contributed by atoms with E-state index in [4.69, 9.17) is 11.6 Å². The number of nitrogens with one attached hydrogen (secondary N) is 3. The second-order valence-electron chi connectivity index (χ2n) is 7.41. The van der Waals surface area contributed by atoms with Crippen molar-refractivity contribution in [1.82, 2.24) is 16.0 Å². The summed E-state index contributed by atoms with van der Waals surface area (Å²) in [5, 5.41) is 9.76. The minimum absolute atomic E-state index is 0.0136. The van der Waals surface area contributed by atoms with Crippen molar-refractivity contribution in [2.45, 2.75) is 70.0 Å². The van der Waals surface area contributed by atoms with Gasteiger partial charge in [0.25, 0.3) is 0 Å². The van der Waals surface area contributed by atoms with Crippen LogP contribution in [-0.2, 0) is 11.3 Å². The molecule has 0 bridgehead atoms. The maximum atomic E-state index is 12.4. The molecule has 1 aromatic carbocycles. The van der Waals surface area contributed by atoms with E-state index < -0.39 is 0 Å². The summed E-state index contributed by atoms with van der Waals surface area (Å²) in [6, 6.07) is 7.28. The van der Waals surface area contributed by atoms with Crippen molar-refractivity contribution in [3.05, 3.63) is 34.9 Å². The van der Waals surface area contributed by atoms with Crippen molar-refractivity contribution in [2.75, 3.05) is 0 Å². The third-order valence-electron chi connectivity index (χ3n) is 5.53. The van der Waals surface area contributed by atoms with E-state index in [1.165, 1.54) is 0 Å². The summed E-state index contributed by atoms with van der Waals surface area (Å²) < 4.78 is 0. The summed E-state index contributed by atoms with van der Waals surface area (Å²) >= 11 is 6.12. The van der Waals surface area contributed by atoms with Gasteiger partial charge in [-0.1, -0.05) is 55.5 Å². The van der Waals surface area contributed by atoms with Crippen molar-refractivity contribution in [2.24, 2.45) is 5.92 Å². The minimum Gasteiger partial charge on any atom is -0.351 e. The highest BCUT2D eigenvalue weighted by atomic mass is 35.5. The lowest BCUT2D eigenvalue weighted by Crippen LogP contribution is -2.55. The highest BCUT2D eigenvalue weighted by Gasteiger charge is 2.30. The van der Waals surface area contributed by atoms with Gasteiger partial charge in [-0.3, -0.25) is 4.79 Å². The molecular weight excluding hydrogens is 350 g/mol. The third-order valence-corrected chi connectivity index (χ3v) is 5.90. The highest BCUT2D eigenvalue weighted by Crippen LogP contribution is 2.26. The van der Waals surface area contributed by atoms with Crippen LogP contribution in [0.25, 0.3) is 0 Å². The first-order valence-electron chi connectivity index (χ1n) is 9.71. The van der Waals surface area contributed by atoms with E-state index in [9.17, 15) is 9.59 Å². The Morgan fingerprint density at radius 2 is 1.54 bits per heavy atom. The number of carbonyl (C=O) groups excluding carboxylic acids is 2. The smallest absolute Gasteiger partial charge is 0.315 e. The Morgan fingerprint density at radius 3 is 2.23 bits per heavy atom. The molecule has 5 nitrogen and oxygen atoms in total. The molecule has 3 N–H and O–H groups in total. The monoisotopic (exact) mass is 377 g/mol. The maximum Gasteiger partial charge on any atom is 0.315 e. The molecule has 2 fully saturated rings. The van der Waals surface area contributed by atoms with Crippen LogP contribution >= 0.6 is 11.6 Å². The molecular formula is C20H28ClN3O2. The number of hydrogen-bond donors (Lipinski definition) is 3. The van der Waals surface area contributed by atoms with Crippen LogP contribution in [0.4, 0.5) is 4.79 Å². The number of urea groups is 1. The lowest BCUT2D eigenvalue weighted by Gasteiger charge is -2.33. The van der Waals surface area contributed by atoms with Crippen molar-refractivity contribution in [3.8, 4) is 0 Å². The van der Waals surface area contributed by atoms with E-state index in [2.05, 4.69) is 16.0 Å². The molecule has 0 aromatic heterocycles. The van der Waals surface area contributed by atoms with Gasteiger partial charge in [-0.15, -0.1) is 0 Å². The lowest BCUT2D eigenvalue weighted by atomic mass is 9.89. The molecule has 3 amide bonds. The zero-order valence-corrected chi connectivity index (χ0v) is 15.9. The quantitative estimate of drug-likeness (QED) is 0.731. The van der Waals surface area contributed by atoms with Gasteiger partial charge in [0.05, 0.1) is 6.04 Å². The molecule has 6 heteroatoms. The summed E-state index contributed by atoms with van der Waals surface area (Å²) in [6.45, 7) is 0.386. The fourth-order valence-electron chi connectivity index (χ4n) is 4.00. The first-order valence-corrected chi connectivity index (χ1v) is 10.1. The van der Waals surface area contributed by atoms with Gasteiger partial charge in [0, 0.05) is 23.5 Å². The van der Waals surface area contributed by atoms with Gasteiger partial charge in [0.1, 0.15) is 0 Å². The topological polar surface area (TPSA) is 70.2 Å². The van der Waals surface area contributed by atoms with E-state index in [-0.39, 0.29) is 29.9 Å². The van der Waals surface area contributed by atoms with Crippen LogP contribution in [0.2, 0.25) is 5.02 Å². The number of halogens is 1. The fraction of sp³-hybridized carbons (Fsp3) is 0.600. The second kappa shape index (κ2) is 9.26. The van der Waals surface area contributed by atoms with Crippen LogP contribution < -0.4 is 16.0 Å². The van der Waals surface area contributed by atoms with Crippen molar-refractivity contribution in [3.63, 3.8) is 0 Å². The summed E-state index contributed by atoms with van der Waals surface area (Å²) in [4.78, 5) is 24.7. The Bertz CT molecular complexity index is 631. The Morgan fingerprint density at radius 1 is 0.923 bits per heavy atom. The van der Waals surface area contributed by atoms with Gasteiger partial charge in [-0.2, -0.15) is 0 Å². The van der Waals surface area contributed by atoms with Gasteiger partial charge in [0.15, 0.2) is 0 Å². The van der Waals surface area contributed by atoms with Crippen LogP contribution in [-0.4, -0.2) is 24.0 Å². The summed E-state index contributed by atoms with van der Waals surface area (Å²) in [5.41, 5.74) is 0.888. The van der Waals surface area contributed by atoms with Gasteiger partial charge in [0.2, 0.25) is 5.91 Å². The molecule has 0 spiro atoms. The Kier molecular flexibility index (Phi) is 6.78. The molecule has 0 saturated heterocycles. The van der Waals surface area contributed by atoms with Gasteiger partial charge in [-0.25, -0.2) is 4.79 Å². The van der Waals surface area contributed by atoms with E-state index in [0.717, 1.165) is 56.9 Å². The van der Waals surface area contributed by atoms with Crippen LogP contribution in [0.1, 0.15) is 56.9 Å². The summed E-state index contributed by atoms with van der Waals surface area (Å²) in [7, 11) is 0. The molecule has 2 atom stereocenters. The highest BCUT2D eigenvalue weighted by molar-refractivity contribution is 6.31. The molecule has 2 aliphatic carbocycles. The second-order valence-corrected chi connectivity index (χ2v) is 7.81. The third kappa shape index (κ3) is 5.13. The molecule has 26 heavy (non-hydrogen) atoms. The van der Waals surface area contributed by atoms with Gasteiger partial charge < -0.3 is 16.0 Å². The summed E-state index contributed by atoms with van der Waals surface area (Å²) in [5.74, 6) is 0.323.